The highest BCUT2D eigenvalue weighted by Crippen LogP contribution is 2.24. The summed E-state index contributed by atoms with van der Waals surface area (Å²) in [5, 5.41) is 5.05. The number of hydrogen-bond acceptors (Lipinski definition) is 5. The summed E-state index contributed by atoms with van der Waals surface area (Å²) in [6.07, 6.45) is 9.55. The number of carbonyl (C=O) groups excluding carboxylic acids is 2. The van der Waals surface area contributed by atoms with E-state index in [9.17, 15) is 9.59 Å². The molecule has 0 aliphatic carbocycles. The topological polar surface area (TPSA) is 58.5 Å². The summed E-state index contributed by atoms with van der Waals surface area (Å²) < 4.78 is 0. The number of nitrogens with one attached hydrogen (secondary N) is 1. The summed E-state index contributed by atoms with van der Waals surface area (Å²) in [5.74, 6) is -0.516. The van der Waals surface area contributed by atoms with E-state index in [4.69, 9.17) is 0 Å². The molecule has 0 fully saturated rings. The van der Waals surface area contributed by atoms with Gasteiger partial charge in [-0.25, -0.2) is 0 Å². The van der Waals surface area contributed by atoms with Crippen molar-refractivity contribution in [2.75, 3.05) is 6.54 Å². The Morgan fingerprint density at radius 2 is 1.92 bits per heavy atom. The molecule has 0 saturated carbocycles. The number of allylic oxidation sites excluding steroid dienone is 1. The molecule has 25 heavy (non-hydrogen) atoms. The number of unbranched alkanes of at least 4 members (excludes halogenated alkanes) is 5. The van der Waals surface area contributed by atoms with Gasteiger partial charge in [0.05, 0.1) is 10.8 Å². The molecule has 1 aromatic carbocycles. The number of aliphatic imine (C=N–C) groups is 1. The molecule has 1 aromatic rings. The lowest BCUT2D eigenvalue weighted by Crippen LogP contribution is -2.22. The predicted molar refractivity (Wildman–Crippen MR) is 108 cm³/mol. The molecule has 4 nitrogen and oxygen atoms in total. The van der Waals surface area contributed by atoms with Gasteiger partial charge >= 0.3 is 0 Å². The third-order valence-electron chi connectivity index (χ3n) is 3.64. The Bertz CT molecular complexity index is 665. The molecule has 0 bridgehead atoms. The summed E-state index contributed by atoms with van der Waals surface area (Å²) in [6, 6.07) is 4.85. The van der Waals surface area contributed by atoms with Gasteiger partial charge in [0.2, 0.25) is 5.91 Å². The maximum atomic E-state index is 12.1. The van der Waals surface area contributed by atoms with E-state index in [-0.39, 0.29) is 11.7 Å². The first-order chi connectivity index (χ1) is 12.1. The Morgan fingerprint density at radius 1 is 1.20 bits per heavy atom. The fourth-order valence-corrected chi connectivity index (χ4v) is 2.61. The molecular formula is C19H24N2O2S2. The molecule has 134 valence electrons. The lowest BCUT2D eigenvalue weighted by Gasteiger charge is -2.03. The molecular weight excluding hydrogens is 352 g/mol. The van der Waals surface area contributed by atoms with Crippen LogP contribution in [0.15, 0.2) is 40.2 Å². The van der Waals surface area contributed by atoms with Gasteiger partial charge in [-0.3, -0.25) is 9.59 Å². The summed E-state index contributed by atoms with van der Waals surface area (Å²) in [6.45, 7) is 2.82. The minimum absolute atomic E-state index is 0.255. The summed E-state index contributed by atoms with van der Waals surface area (Å²) in [5.41, 5.74) is 0.990. The van der Waals surface area contributed by atoms with Crippen LogP contribution in [0, 0.1) is 0 Å². The van der Waals surface area contributed by atoms with Crippen molar-refractivity contribution in [1.29, 1.82) is 0 Å². The number of thiol groups is 1. The third kappa shape index (κ3) is 8.77. The number of hydrogen-bond donors (Lipinski definition) is 2. The zero-order chi connectivity index (χ0) is 18.5. The highest BCUT2D eigenvalue weighted by Gasteiger charge is 2.06. The van der Waals surface area contributed by atoms with Crippen LogP contribution in [0.25, 0.3) is 0 Å². The second-order valence-electron chi connectivity index (χ2n) is 5.66. The first-order valence-corrected chi connectivity index (χ1v) is 9.35. The van der Waals surface area contributed by atoms with Gasteiger partial charge in [0, 0.05) is 23.1 Å². The van der Waals surface area contributed by atoms with Crippen molar-refractivity contribution in [1.82, 2.24) is 5.32 Å². The van der Waals surface area contributed by atoms with Crippen LogP contribution in [-0.2, 0) is 4.79 Å². The van der Waals surface area contributed by atoms with Crippen molar-refractivity contribution in [3.63, 3.8) is 0 Å². The highest BCUT2D eigenvalue weighted by atomic mass is 32.1. The molecule has 1 N–H and O–H groups in total. The summed E-state index contributed by atoms with van der Waals surface area (Å²) in [7, 11) is 0. The Morgan fingerprint density at radius 3 is 2.60 bits per heavy atom. The first-order valence-electron chi connectivity index (χ1n) is 8.49. The Labute approximate surface area is 160 Å². The van der Waals surface area contributed by atoms with Crippen molar-refractivity contribution >= 4 is 47.4 Å². The van der Waals surface area contributed by atoms with E-state index in [1.165, 1.54) is 37.8 Å². The maximum Gasteiger partial charge on any atom is 0.244 e. The molecule has 0 heterocycles. The molecule has 6 heteroatoms. The highest BCUT2D eigenvalue weighted by molar-refractivity contribution is 7.80. The van der Waals surface area contributed by atoms with Gasteiger partial charge < -0.3 is 5.32 Å². The van der Waals surface area contributed by atoms with Crippen LogP contribution in [0.5, 0.6) is 0 Å². The van der Waals surface area contributed by atoms with Gasteiger partial charge in [0.1, 0.15) is 0 Å². The zero-order valence-corrected chi connectivity index (χ0v) is 16.2. The lowest BCUT2D eigenvalue weighted by atomic mass is 10.1. The van der Waals surface area contributed by atoms with E-state index in [0.29, 0.717) is 22.7 Å². The molecule has 0 radical (unpaired) electrons. The van der Waals surface area contributed by atoms with Crippen molar-refractivity contribution < 1.29 is 9.59 Å². The van der Waals surface area contributed by atoms with Crippen molar-refractivity contribution in [3.05, 3.63) is 35.9 Å². The molecule has 0 aliphatic heterocycles. The van der Waals surface area contributed by atoms with Crippen molar-refractivity contribution in [2.24, 2.45) is 4.99 Å². The molecule has 0 aliphatic rings. The number of carbonyl (C=O) groups is 2. The molecule has 0 aromatic heterocycles. The van der Waals surface area contributed by atoms with Gasteiger partial charge in [-0.05, 0) is 42.9 Å². The smallest absolute Gasteiger partial charge is 0.244 e. The van der Waals surface area contributed by atoms with Crippen LogP contribution in [0.4, 0.5) is 5.69 Å². The number of rotatable bonds is 11. The van der Waals surface area contributed by atoms with E-state index in [0.717, 1.165) is 12.8 Å². The van der Waals surface area contributed by atoms with Crippen LogP contribution in [-0.4, -0.2) is 23.4 Å². The van der Waals surface area contributed by atoms with Gasteiger partial charge in [-0.15, -0.1) is 12.6 Å². The predicted octanol–water partition coefficient (Wildman–Crippen LogP) is 4.93. The van der Waals surface area contributed by atoms with E-state index in [1.807, 2.05) is 0 Å². The van der Waals surface area contributed by atoms with Gasteiger partial charge in [-0.2, -0.15) is 4.99 Å². The van der Waals surface area contributed by atoms with Crippen molar-refractivity contribution in [3.8, 4) is 0 Å². The molecule has 0 atom stereocenters. The van der Waals surface area contributed by atoms with Crippen LogP contribution in [0.1, 0.15) is 55.8 Å². The van der Waals surface area contributed by atoms with Gasteiger partial charge in [0.25, 0.3) is 0 Å². The second-order valence-corrected chi connectivity index (χ2v) is 6.33. The van der Waals surface area contributed by atoms with Crippen molar-refractivity contribution in [2.45, 2.75) is 50.3 Å². The molecule has 1 amide bonds. The number of amides is 1. The first kappa shape index (κ1) is 21.3. The van der Waals surface area contributed by atoms with Gasteiger partial charge in [-0.1, -0.05) is 39.0 Å². The fourth-order valence-electron chi connectivity index (χ4n) is 2.24. The lowest BCUT2D eigenvalue weighted by molar-refractivity contribution is -0.116. The average molecular weight is 377 g/mol. The molecule has 0 spiro atoms. The monoisotopic (exact) mass is 376 g/mol. The minimum atomic E-state index is -0.261. The normalized spacial score (nSPS) is 10.5. The number of nitrogens with zero attached hydrogens (tertiary/aromatic N) is 1. The minimum Gasteiger partial charge on any atom is -0.353 e. The molecule has 0 unspecified atom stereocenters. The van der Waals surface area contributed by atoms with Gasteiger partial charge in [0.15, 0.2) is 5.78 Å². The number of isothiocyanates is 1. The Hall–Kier alpha value is -1.75. The van der Waals surface area contributed by atoms with Crippen LogP contribution >= 0.6 is 24.8 Å². The summed E-state index contributed by atoms with van der Waals surface area (Å²) >= 11 is 8.80. The number of ketones is 1. The van der Waals surface area contributed by atoms with E-state index >= 15 is 0 Å². The summed E-state index contributed by atoms with van der Waals surface area (Å²) in [4.78, 5) is 28.2. The zero-order valence-electron chi connectivity index (χ0n) is 14.5. The largest absolute Gasteiger partial charge is 0.353 e. The van der Waals surface area contributed by atoms with E-state index in [2.05, 4.69) is 47.2 Å². The van der Waals surface area contributed by atoms with Crippen LogP contribution in [0.2, 0.25) is 0 Å². The quantitative estimate of drug-likeness (QED) is 0.144. The number of benzene rings is 1. The van der Waals surface area contributed by atoms with Crippen LogP contribution < -0.4 is 5.32 Å². The number of thiocarbonyl (C=S) groups is 1. The van der Waals surface area contributed by atoms with Crippen LogP contribution in [0.3, 0.4) is 0 Å². The second kappa shape index (κ2) is 12.6. The Balaban J connectivity index is 2.39. The molecule has 1 rings (SSSR count). The van der Waals surface area contributed by atoms with E-state index < -0.39 is 0 Å². The fraction of sp³-hybridized carbons (Fsp3) is 0.421. The average Bonchev–Trinajstić information content (AvgIpc) is 2.60. The maximum absolute atomic E-state index is 12.1. The SMILES string of the molecule is CCCCCCCCNC(=O)C=CC(=O)c1ccc(N=C=S)c(S)c1. The van der Waals surface area contributed by atoms with E-state index in [1.54, 1.807) is 18.2 Å². The molecule has 0 saturated heterocycles. The Kier molecular flexibility index (Phi) is 10.7. The third-order valence-corrected chi connectivity index (χ3v) is 4.09. The standard InChI is InChI=1S/C19H24N2O2S2/c1-2-3-4-5-6-7-12-20-19(23)11-10-17(22)15-8-9-16(21-14-24)18(25)13-15/h8-11,13,25H,2-7,12H2,1H3,(H,20,23).